The summed E-state index contributed by atoms with van der Waals surface area (Å²) in [5, 5.41) is 0. The molecule has 0 saturated carbocycles. The van der Waals surface area contributed by atoms with Gasteiger partial charge in [0.1, 0.15) is 0 Å². The van der Waals surface area contributed by atoms with E-state index in [1.807, 2.05) is 0 Å². The Kier molecular flexibility index (Phi) is 34.9. The fourth-order valence-corrected chi connectivity index (χ4v) is 8.44. The normalized spacial score (nSPS) is 9.70. The van der Waals surface area contributed by atoms with E-state index in [9.17, 15) is 0 Å². The molecule has 0 unspecified atom stereocenters. The molecule has 0 aliphatic heterocycles. The quantitative estimate of drug-likeness (QED) is 0.133. The topological polar surface area (TPSA) is 0 Å². The van der Waals surface area contributed by atoms with Crippen LogP contribution in [0.25, 0.3) is 0 Å². The Bertz CT molecular complexity index is 1540. The van der Waals surface area contributed by atoms with E-state index in [1.54, 1.807) is 0 Å². The number of rotatable bonds is 0. The van der Waals surface area contributed by atoms with Gasteiger partial charge in [0, 0.05) is 0 Å². The van der Waals surface area contributed by atoms with Crippen LogP contribution in [0.2, 0.25) is 0 Å². The second kappa shape index (κ2) is 32.9. The van der Waals surface area contributed by atoms with E-state index < -0.39 is 41.7 Å². The molecule has 0 spiro atoms. The van der Waals surface area contributed by atoms with Crippen LogP contribution in [0.4, 0.5) is 0 Å². The van der Waals surface area contributed by atoms with Crippen LogP contribution in [0.5, 0.6) is 0 Å². The van der Waals surface area contributed by atoms with Crippen molar-refractivity contribution in [2.24, 2.45) is 0 Å². The van der Waals surface area contributed by atoms with E-state index >= 15 is 0 Å². The predicted molar refractivity (Wildman–Crippen MR) is 298 cm³/mol. The molecule has 0 aromatic heterocycles. The van der Waals surface area contributed by atoms with Crippen molar-refractivity contribution in [2.75, 3.05) is 0 Å². The molecule has 6 rings (SSSR count). The van der Waals surface area contributed by atoms with E-state index in [2.05, 4.69) is 208 Å². The molecule has 0 amide bonds. The van der Waals surface area contributed by atoms with E-state index in [0.29, 0.717) is 0 Å². The minimum absolute atomic E-state index is 0. The molecule has 0 heterocycles. The summed E-state index contributed by atoms with van der Waals surface area (Å²) in [5.41, 5.74) is 44.0. The molecule has 7 heteroatoms. The van der Waals surface area contributed by atoms with Gasteiger partial charge in [-0.1, -0.05) is 208 Å². The van der Waals surface area contributed by atoms with Crippen molar-refractivity contribution in [1.82, 2.24) is 0 Å². The second-order valence-corrected chi connectivity index (χ2v) is 26.4. The van der Waals surface area contributed by atoms with Crippen molar-refractivity contribution >= 4 is 34.1 Å². The molecule has 0 N–H and O–H groups in total. The third kappa shape index (κ3) is 18.7. The number of hydrogen-bond donors (Lipinski definition) is 0. The molecule has 0 aliphatic rings. The molecule has 67 heavy (non-hydrogen) atoms. The van der Waals surface area contributed by atoms with Crippen LogP contribution >= 0.6 is 34.1 Å². The minimum atomic E-state index is -0.826. The van der Waals surface area contributed by atoms with Crippen molar-refractivity contribution < 1.29 is 67.9 Å². The molecule has 6 aromatic rings. The maximum Gasteiger partial charge on any atom is 2.00 e. The Labute approximate surface area is 471 Å². The first-order valence-corrected chi connectivity index (χ1v) is 35.9. The third-order valence-electron chi connectivity index (χ3n) is 16.9. The van der Waals surface area contributed by atoms with Crippen LogP contribution in [0, 0.1) is 208 Å². The van der Waals surface area contributed by atoms with Crippen LogP contribution < -0.4 is 0 Å². The van der Waals surface area contributed by atoms with Crippen LogP contribution in [-0.2, 0) is 67.9 Å². The van der Waals surface area contributed by atoms with Crippen LogP contribution in [0.3, 0.4) is 0 Å². The van der Waals surface area contributed by atoms with Gasteiger partial charge in [0.05, 0.1) is 0 Å². The van der Waals surface area contributed by atoms with Crippen LogP contribution in [0.15, 0.2) is 0 Å². The van der Waals surface area contributed by atoms with Crippen molar-refractivity contribution in [3.63, 3.8) is 0 Å². The average molecular weight is 1230 g/mol. The van der Waals surface area contributed by atoms with E-state index in [0.717, 1.165) is 0 Å². The summed E-state index contributed by atoms with van der Waals surface area (Å²) < 4.78 is 0. The molecule has 6 aromatic carbocycles. The number of hydrogen-bond acceptors (Lipinski definition) is 0. The minimum Gasteiger partial charge on any atom is 2.00 e. The summed E-state index contributed by atoms with van der Waals surface area (Å²) in [6.07, 6.45) is 0. The van der Waals surface area contributed by atoms with Gasteiger partial charge in [0.25, 0.3) is 0 Å². The second-order valence-electron chi connectivity index (χ2n) is 18.9. The maximum absolute atomic E-state index is 4.93. The standard InChI is InChI=1S/6C10H15.4ClH.3Zr/c6*1-6-7(2)9(4)10(5)8(6)3;;;;;;;/h6*1-5H3;4*1H;;;/q6*-1;;;;;+2;2*+4/p-4. The van der Waals surface area contributed by atoms with Gasteiger partial charge in [-0.2, -0.15) is 167 Å². The molecule has 0 bridgehead atoms. The first-order chi connectivity index (χ1) is 30.1. The molecule has 0 atom stereocenters. The molecule has 370 valence electrons. The molecule has 0 fully saturated rings. The Morgan fingerprint density at radius 3 is 0.254 bits per heavy atom. The summed E-state index contributed by atoms with van der Waals surface area (Å²) in [6, 6.07) is 0. The Hall–Kier alpha value is -0.0906. The largest absolute Gasteiger partial charge is 2.00 e. The molecule has 0 saturated heterocycles. The van der Waals surface area contributed by atoms with Gasteiger partial charge in [0.15, 0.2) is 0 Å². The molecule has 0 aliphatic carbocycles. The van der Waals surface area contributed by atoms with Gasteiger partial charge in [-0.3, -0.25) is 0 Å². The molecular weight excluding hydrogens is 1140 g/mol. The summed E-state index contributed by atoms with van der Waals surface area (Å²) in [4.78, 5) is 0. The fraction of sp³-hybridized carbons (Fsp3) is 0.500. The van der Waals surface area contributed by atoms with Crippen LogP contribution in [0.1, 0.15) is 167 Å². The first-order valence-electron chi connectivity index (χ1n) is 23.3. The zero-order valence-corrected chi connectivity index (χ0v) is 58.4. The van der Waals surface area contributed by atoms with E-state index in [4.69, 9.17) is 34.1 Å². The maximum atomic E-state index is 4.93. The average Bonchev–Trinajstić information content (AvgIpc) is 3.85. The SMILES string of the molecule is Cc1c(C)c(C)[c-](C)c1C.Cc1c(C)c(C)[c-](C)c1C.Cc1c(C)c(C)[c-](C)c1C.Cc1c(C)c(C)[c-](C)c1C.Cc1c(C)c(C)[c-](C)c1C.Cc1c(C)c(C)[c-](C)c1C.[Cl][Zr+2][Cl].[Cl][Zr+2][Cl].[Zr+2]. The monoisotopic (exact) mass is 1220 g/mol. The van der Waals surface area contributed by atoms with Gasteiger partial charge in [-0.15, -0.1) is 0 Å². The Balaban J connectivity index is -0.000000714. The molecule has 0 radical (unpaired) electrons. The van der Waals surface area contributed by atoms with Crippen molar-refractivity contribution in [3.8, 4) is 0 Å². The summed E-state index contributed by atoms with van der Waals surface area (Å²) in [5.74, 6) is 0. The van der Waals surface area contributed by atoms with Gasteiger partial charge in [0.2, 0.25) is 0 Å². The molecule has 0 nitrogen and oxygen atoms in total. The molecular formula is C60H90Cl4Zr3. The summed E-state index contributed by atoms with van der Waals surface area (Å²) in [7, 11) is 19.7. The first kappa shape index (κ1) is 71.2. The van der Waals surface area contributed by atoms with Gasteiger partial charge in [-0.05, 0) is 0 Å². The van der Waals surface area contributed by atoms with Crippen molar-refractivity contribution in [1.29, 1.82) is 0 Å². The smallest absolute Gasteiger partial charge is 2.00 e. The van der Waals surface area contributed by atoms with Crippen molar-refractivity contribution in [2.45, 2.75) is 208 Å². The van der Waals surface area contributed by atoms with Gasteiger partial charge < -0.3 is 0 Å². The van der Waals surface area contributed by atoms with Gasteiger partial charge in [-0.25, -0.2) is 0 Å². The van der Waals surface area contributed by atoms with Gasteiger partial charge >= 0.3 is 102 Å². The third-order valence-corrected chi connectivity index (χ3v) is 16.9. The Morgan fingerprint density at radius 1 is 0.194 bits per heavy atom. The van der Waals surface area contributed by atoms with E-state index in [-0.39, 0.29) is 26.2 Å². The zero-order chi connectivity index (χ0) is 52.7. The Morgan fingerprint density at radius 2 is 0.239 bits per heavy atom. The van der Waals surface area contributed by atoms with Crippen molar-refractivity contribution in [3.05, 3.63) is 167 Å². The van der Waals surface area contributed by atoms with Crippen LogP contribution in [-0.4, -0.2) is 0 Å². The zero-order valence-electron chi connectivity index (χ0n) is 48.0. The number of halogens is 4. The summed E-state index contributed by atoms with van der Waals surface area (Å²) in [6.45, 7) is 66.0. The summed E-state index contributed by atoms with van der Waals surface area (Å²) >= 11 is -1.65. The fourth-order valence-electron chi connectivity index (χ4n) is 8.44. The van der Waals surface area contributed by atoms with E-state index in [1.165, 1.54) is 167 Å². The predicted octanol–water partition coefficient (Wildman–Crippen LogP) is 20.4.